The molecule has 0 atom stereocenters. The molecule has 0 radical (unpaired) electrons. The summed E-state index contributed by atoms with van der Waals surface area (Å²) in [6, 6.07) is 3.21. The van der Waals surface area contributed by atoms with Crippen molar-refractivity contribution in [3.8, 4) is 5.82 Å². The van der Waals surface area contributed by atoms with Gasteiger partial charge in [0.05, 0.1) is 5.69 Å². The zero-order chi connectivity index (χ0) is 18.1. The third-order valence-electron chi connectivity index (χ3n) is 4.84. The van der Waals surface area contributed by atoms with Crippen LogP contribution in [-0.2, 0) is 6.54 Å². The fourth-order valence-electron chi connectivity index (χ4n) is 3.16. The lowest BCUT2D eigenvalue weighted by Gasteiger charge is -2.31. The summed E-state index contributed by atoms with van der Waals surface area (Å²) in [6.45, 7) is 6.74. The van der Waals surface area contributed by atoms with Crippen molar-refractivity contribution in [3.05, 3.63) is 45.7 Å². The third kappa shape index (κ3) is 3.39. The highest BCUT2D eigenvalue weighted by Crippen LogP contribution is 2.29. The Balaban J connectivity index is 1.43. The smallest absolute Gasteiger partial charge is 0.266 e. The molecule has 0 unspecified atom stereocenters. The normalized spacial score (nSPS) is 15.5. The lowest BCUT2D eigenvalue weighted by Crippen LogP contribution is -2.37. The molecule has 0 aromatic carbocycles. The van der Waals surface area contributed by atoms with E-state index >= 15 is 0 Å². The monoisotopic (exact) mass is 371 g/mol. The summed E-state index contributed by atoms with van der Waals surface area (Å²) < 4.78 is 3.11. The summed E-state index contributed by atoms with van der Waals surface area (Å²) in [5.41, 5.74) is 1.04. The number of anilines is 1. The maximum absolute atomic E-state index is 12.2. The van der Waals surface area contributed by atoms with Crippen LogP contribution in [0.2, 0.25) is 0 Å². The van der Waals surface area contributed by atoms with E-state index in [0.29, 0.717) is 18.3 Å². The zero-order valence-corrected chi connectivity index (χ0v) is 15.7. The Labute approximate surface area is 155 Å². The Hall–Kier alpha value is -2.55. The summed E-state index contributed by atoms with van der Waals surface area (Å²) in [4.78, 5) is 24.4. The molecule has 1 aliphatic heterocycles. The molecule has 26 heavy (non-hydrogen) atoms. The minimum atomic E-state index is -0.0810. The van der Waals surface area contributed by atoms with Crippen LogP contribution in [0.4, 0.5) is 5.13 Å². The van der Waals surface area contributed by atoms with Gasteiger partial charge in [-0.3, -0.25) is 4.79 Å². The van der Waals surface area contributed by atoms with Gasteiger partial charge in [0.2, 0.25) is 0 Å². The Bertz CT molecular complexity index is 919. The highest BCUT2D eigenvalue weighted by atomic mass is 32.1. The number of aromatic nitrogens is 6. The molecule has 0 amide bonds. The topological polar surface area (TPSA) is 81.7 Å². The van der Waals surface area contributed by atoms with Crippen LogP contribution in [0.25, 0.3) is 5.82 Å². The quantitative estimate of drug-likeness (QED) is 0.696. The van der Waals surface area contributed by atoms with Crippen LogP contribution in [0.1, 0.15) is 23.4 Å². The largest absolute Gasteiger partial charge is 0.348 e. The van der Waals surface area contributed by atoms with Crippen LogP contribution in [-0.4, -0.2) is 42.6 Å². The van der Waals surface area contributed by atoms with E-state index in [1.54, 1.807) is 39.2 Å². The SMILES string of the molecule is Cc1nc(N2CCC(Cn3nc(-n4cncn4)ccc3=O)CC2)sc1C. The van der Waals surface area contributed by atoms with Crippen molar-refractivity contribution in [1.29, 1.82) is 0 Å². The second-order valence-electron chi connectivity index (χ2n) is 6.62. The minimum Gasteiger partial charge on any atom is -0.348 e. The van der Waals surface area contributed by atoms with Crippen LogP contribution >= 0.6 is 11.3 Å². The summed E-state index contributed by atoms with van der Waals surface area (Å²) in [7, 11) is 0. The first-order valence-corrected chi connectivity index (χ1v) is 9.54. The molecule has 0 N–H and O–H groups in total. The van der Waals surface area contributed by atoms with E-state index in [0.717, 1.165) is 36.8 Å². The Morgan fingerprint density at radius 2 is 2.04 bits per heavy atom. The maximum Gasteiger partial charge on any atom is 0.266 e. The number of piperidine rings is 1. The van der Waals surface area contributed by atoms with Gasteiger partial charge in [-0.1, -0.05) is 0 Å². The van der Waals surface area contributed by atoms with Crippen LogP contribution in [0.3, 0.4) is 0 Å². The highest BCUT2D eigenvalue weighted by Gasteiger charge is 2.22. The van der Waals surface area contributed by atoms with E-state index in [-0.39, 0.29) is 5.56 Å². The molecule has 9 heteroatoms. The van der Waals surface area contributed by atoms with E-state index in [2.05, 4.69) is 38.9 Å². The molecule has 4 rings (SSSR count). The molecule has 136 valence electrons. The zero-order valence-electron chi connectivity index (χ0n) is 14.9. The van der Waals surface area contributed by atoms with E-state index in [9.17, 15) is 4.79 Å². The second kappa shape index (κ2) is 6.99. The average Bonchev–Trinajstić information content (AvgIpc) is 3.28. The first-order valence-electron chi connectivity index (χ1n) is 8.72. The highest BCUT2D eigenvalue weighted by molar-refractivity contribution is 7.15. The molecular weight excluding hydrogens is 350 g/mol. The number of nitrogens with zero attached hydrogens (tertiary/aromatic N) is 7. The molecule has 0 saturated carbocycles. The molecule has 1 saturated heterocycles. The van der Waals surface area contributed by atoms with E-state index < -0.39 is 0 Å². The first-order chi connectivity index (χ1) is 12.6. The Morgan fingerprint density at radius 3 is 2.69 bits per heavy atom. The molecule has 0 aliphatic carbocycles. The van der Waals surface area contributed by atoms with Gasteiger partial charge in [-0.25, -0.2) is 19.3 Å². The van der Waals surface area contributed by atoms with Gasteiger partial charge in [-0.15, -0.1) is 16.4 Å². The fraction of sp³-hybridized carbons (Fsp3) is 0.471. The number of aryl methyl sites for hydroxylation is 2. The van der Waals surface area contributed by atoms with E-state index in [1.807, 2.05) is 0 Å². The first kappa shape index (κ1) is 16.9. The molecule has 3 aromatic heterocycles. The number of thiazole rings is 1. The Morgan fingerprint density at radius 1 is 1.23 bits per heavy atom. The van der Waals surface area contributed by atoms with Crippen molar-refractivity contribution in [3.63, 3.8) is 0 Å². The number of hydrogen-bond donors (Lipinski definition) is 0. The van der Waals surface area contributed by atoms with Crippen molar-refractivity contribution in [2.24, 2.45) is 5.92 Å². The van der Waals surface area contributed by atoms with Crippen LogP contribution in [0.5, 0.6) is 0 Å². The standard InChI is InChI=1S/C17H21N7OS/c1-12-13(2)26-17(20-12)22-7-5-14(6-8-22)9-23-16(25)4-3-15(21-23)24-11-18-10-19-24/h3-4,10-11,14H,5-9H2,1-2H3. The van der Waals surface area contributed by atoms with E-state index in [1.165, 1.54) is 11.2 Å². The molecular formula is C17H21N7OS. The van der Waals surface area contributed by atoms with Crippen molar-refractivity contribution >= 4 is 16.5 Å². The van der Waals surface area contributed by atoms with Crippen LogP contribution in [0, 0.1) is 19.8 Å². The Kier molecular flexibility index (Phi) is 4.54. The summed E-state index contributed by atoms with van der Waals surface area (Å²) in [6.07, 6.45) is 5.08. The molecule has 8 nitrogen and oxygen atoms in total. The van der Waals surface area contributed by atoms with Gasteiger partial charge in [-0.2, -0.15) is 5.10 Å². The third-order valence-corrected chi connectivity index (χ3v) is 5.97. The molecule has 0 spiro atoms. The molecule has 4 heterocycles. The molecule has 1 aliphatic rings. The molecule has 3 aromatic rings. The van der Waals surface area contributed by atoms with Crippen molar-refractivity contribution in [2.45, 2.75) is 33.2 Å². The lowest BCUT2D eigenvalue weighted by atomic mass is 9.97. The number of hydrogen-bond acceptors (Lipinski definition) is 7. The minimum absolute atomic E-state index is 0.0810. The number of rotatable bonds is 4. The van der Waals surface area contributed by atoms with Crippen molar-refractivity contribution in [1.82, 2.24) is 29.5 Å². The van der Waals surface area contributed by atoms with Crippen molar-refractivity contribution in [2.75, 3.05) is 18.0 Å². The second-order valence-corrected chi connectivity index (χ2v) is 7.80. The van der Waals surface area contributed by atoms with Gasteiger partial charge in [-0.05, 0) is 38.7 Å². The van der Waals surface area contributed by atoms with Gasteiger partial charge in [0.1, 0.15) is 12.7 Å². The van der Waals surface area contributed by atoms with Gasteiger partial charge in [0.25, 0.3) is 5.56 Å². The van der Waals surface area contributed by atoms with Gasteiger partial charge in [0.15, 0.2) is 10.9 Å². The average molecular weight is 371 g/mol. The lowest BCUT2D eigenvalue weighted by molar-refractivity contribution is 0.334. The van der Waals surface area contributed by atoms with Gasteiger partial charge < -0.3 is 4.90 Å². The maximum atomic E-state index is 12.2. The summed E-state index contributed by atoms with van der Waals surface area (Å²) >= 11 is 1.76. The van der Waals surface area contributed by atoms with Crippen LogP contribution in [0.15, 0.2) is 29.6 Å². The summed E-state index contributed by atoms with van der Waals surface area (Å²) in [5.74, 6) is 1.04. The van der Waals surface area contributed by atoms with Crippen LogP contribution < -0.4 is 10.5 Å². The fourth-order valence-corrected chi connectivity index (χ4v) is 4.12. The molecule has 0 bridgehead atoms. The van der Waals surface area contributed by atoms with Crippen molar-refractivity contribution < 1.29 is 0 Å². The van der Waals surface area contributed by atoms with E-state index in [4.69, 9.17) is 0 Å². The summed E-state index contributed by atoms with van der Waals surface area (Å²) in [5, 5.41) is 9.63. The van der Waals surface area contributed by atoms with Gasteiger partial charge >= 0.3 is 0 Å². The predicted octanol–water partition coefficient (Wildman–Crippen LogP) is 1.81. The van der Waals surface area contributed by atoms with Gasteiger partial charge in [0, 0.05) is 30.6 Å². The molecule has 1 fully saturated rings. The predicted molar refractivity (Wildman–Crippen MR) is 99.9 cm³/mol.